The second-order valence-electron chi connectivity index (χ2n) is 7.00. The van der Waals surface area contributed by atoms with Gasteiger partial charge in [0.05, 0.1) is 22.2 Å². The van der Waals surface area contributed by atoms with Gasteiger partial charge in [0.2, 0.25) is 11.8 Å². The molecule has 0 aliphatic carbocycles. The van der Waals surface area contributed by atoms with E-state index in [-0.39, 0.29) is 0 Å². The molecule has 0 aromatic carbocycles. The lowest BCUT2D eigenvalue weighted by Crippen LogP contribution is -2.36. The van der Waals surface area contributed by atoms with Gasteiger partial charge in [-0.1, -0.05) is 0 Å². The van der Waals surface area contributed by atoms with Crippen molar-refractivity contribution in [3.8, 4) is 22.5 Å². The molecule has 1 fully saturated rings. The fraction of sp³-hybridized carbons (Fsp3) is 0.400. The number of aryl methyl sites for hydroxylation is 2. The van der Waals surface area contributed by atoms with Crippen LogP contribution in [0.25, 0.3) is 10.6 Å². The number of aromatic nitrogens is 5. The quantitative estimate of drug-likeness (QED) is 0.636. The van der Waals surface area contributed by atoms with Gasteiger partial charge in [-0.3, -0.25) is 0 Å². The number of ether oxygens (including phenoxy) is 1. The highest BCUT2D eigenvalue weighted by atomic mass is 32.1. The maximum atomic E-state index is 8.99. The van der Waals surface area contributed by atoms with E-state index < -0.39 is 0 Å². The zero-order valence-electron chi connectivity index (χ0n) is 16.4. The van der Waals surface area contributed by atoms with Crippen LogP contribution in [0, 0.1) is 31.1 Å². The summed E-state index contributed by atoms with van der Waals surface area (Å²) in [5.41, 5.74) is 2.20. The minimum Gasteiger partial charge on any atom is -0.476 e. The monoisotopic (exact) mass is 407 g/mol. The molecule has 4 heterocycles. The molecule has 0 N–H and O–H groups in total. The Bertz CT molecular complexity index is 1020. The number of nitriles is 1. The van der Waals surface area contributed by atoms with Crippen molar-refractivity contribution < 1.29 is 4.74 Å². The van der Waals surface area contributed by atoms with Crippen LogP contribution in [0.5, 0.6) is 5.88 Å². The highest BCUT2D eigenvalue weighted by molar-refractivity contribution is 7.15. The molecule has 3 aromatic heterocycles. The minimum absolute atomic E-state index is 0.395. The predicted molar refractivity (Wildman–Crippen MR) is 110 cm³/mol. The van der Waals surface area contributed by atoms with E-state index in [9.17, 15) is 0 Å². The molecule has 1 saturated heterocycles. The van der Waals surface area contributed by atoms with Crippen LogP contribution in [0.4, 0.5) is 5.95 Å². The summed E-state index contributed by atoms with van der Waals surface area (Å²) >= 11 is 1.62. The molecule has 29 heavy (non-hydrogen) atoms. The van der Waals surface area contributed by atoms with E-state index in [1.165, 1.54) is 0 Å². The maximum Gasteiger partial charge on any atom is 0.233 e. The molecule has 0 spiro atoms. The second kappa shape index (κ2) is 8.49. The summed E-state index contributed by atoms with van der Waals surface area (Å²) in [6, 6.07) is 7.48. The van der Waals surface area contributed by atoms with Crippen molar-refractivity contribution in [2.75, 3.05) is 24.6 Å². The van der Waals surface area contributed by atoms with E-state index >= 15 is 0 Å². The number of piperidine rings is 1. The topological polar surface area (TPSA) is 101 Å². The first kappa shape index (κ1) is 19.2. The third-order valence-corrected chi connectivity index (χ3v) is 5.99. The molecular weight excluding hydrogens is 386 g/mol. The van der Waals surface area contributed by atoms with Crippen molar-refractivity contribution in [3.63, 3.8) is 0 Å². The SMILES string of the molecule is Cc1nc(C)c(-c2ccc(OCC3CCN(c4nccc(C#N)n4)CC3)nn2)s1. The van der Waals surface area contributed by atoms with Gasteiger partial charge in [-0.2, -0.15) is 5.26 Å². The molecule has 0 unspecified atom stereocenters. The molecule has 0 saturated carbocycles. The molecular formula is C20H21N7OS. The van der Waals surface area contributed by atoms with Crippen molar-refractivity contribution >= 4 is 17.3 Å². The molecule has 9 heteroatoms. The third kappa shape index (κ3) is 4.49. The van der Waals surface area contributed by atoms with Crippen LogP contribution in [-0.4, -0.2) is 44.8 Å². The lowest BCUT2D eigenvalue weighted by Gasteiger charge is -2.31. The highest BCUT2D eigenvalue weighted by Gasteiger charge is 2.22. The minimum atomic E-state index is 0.395. The van der Waals surface area contributed by atoms with Gasteiger partial charge in [-0.05, 0) is 44.7 Å². The third-order valence-electron chi connectivity index (χ3n) is 4.90. The van der Waals surface area contributed by atoms with Gasteiger partial charge in [0, 0.05) is 25.4 Å². The maximum absolute atomic E-state index is 8.99. The molecule has 0 atom stereocenters. The summed E-state index contributed by atoms with van der Waals surface area (Å²) in [6.07, 6.45) is 3.59. The Morgan fingerprint density at radius 3 is 2.66 bits per heavy atom. The van der Waals surface area contributed by atoms with E-state index in [0.717, 1.165) is 47.2 Å². The average Bonchev–Trinajstić information content (AvgIpc) is 3.11. The first-order valence-electron chi connectivity index (χ1n) is 9.51. The van der Waals surface area contributed by atoms with E-state index in [0.29, 0.717) is 30.0 Å². The standard InChI is InChI=1S/C20H21N7OS/c1-13-19(29-14(2)23-13)17-3-4-18(26-25-17)28-12-15-6-9-27(10-7-15)20-22-8-5-16(11-21)24-20/h3-5,8,15H,6-7,9-10,12H2,1-2H3. The first-order chi connectivity index (χ1) is 14.1. The van der Waals surface area contributed by atoms with E-state index in [1.54, 1.807) is 23.6 Å². The molecule has 0 amide bonds. The lowest BCUT2D eigenvalue weighted by molar-refractivity contribution is 0.214. The Balaban J connectivity index is 1.29. The van der Waals surface area contributed by atoms with Crippen molar-refractivity contribution in [1.29, 1.82) is 5.26 Å². The number of nitrogens with zero attached hydrogens (tertiary/aromatic N) is 7. The van der Waals surface area contributed by atoms with Crippen LogP contribution in [0.15, 0.2) is 24.4 Å². The van der Waals surface area contributed by atoms with E-state index in [4.69, 9.17) is 10.00 Å². The average molecular weight is 408 g/mol. The summed E-state index contributed by atoms with van der Waals surface area (Å²) in [6.45, 7) is 6.28. The van der Waals surface area contributed by atoms with Crippen molar-refractivity contribution in [2.24, 2.45) is 5.92 Å². The Morgan fingerprint density at radius 2 is 2.00 bits per heavy atom. The summed E-state index contributed by atoms with van der Waals surface area (Å²) in [4.78, 5) is 16.2. The van der Waals surface area contributed by atoms with E-state index in [1.807, 2.05) is 26.0 Å². The Labute approximate surface area is 173 Å². The number of rotatable bonds is 5. The molecule has 148 valence electrons. The molecule has 0 radical (unpaired) electrons. The lowest BCUT2D eigenvalue weighted by atomic mass is 9.98. The van der Waals surface area contributed by atoms with Crippen LogP contribution < -0.4 is 9.64 Å². The second-order valence-corrected chi connectivity index (χ2v) is 8.20. The van der Waals surface area contributed by atoms with Crippen LogP contribution in [-0.2, 0) is 0 Å². The molecule has 1 aliphatic heterocycles. The summed E-state index contributed by atoms with van der Waals surface area (Å²) in [7, 11) is 0. The fourth-order valence-corrected chi connectivity index (χ4v) is 4.24. The number of hydrogen-bond acceptors (Lipinski definition) is 9. The smallest absolute Gasteiger partial charge is 0.233 e. The molecule has 4 rings (SSSR count). The Hall–Kier alpha value is -3.12. The van der Waals surface area contributed by atoms with Crippen LogP contribution in [0.2, 0.25) is 0 Å². The summed E-state index contributed by atoms with van der Waals surface area (Å²) < 4.78 is 5.87. The van der Waals surface area contributed by atoms with Gasteiger partial charge >= 0.3 is 0 Å². The van der Waals surface area contributed by atoms with Gasteiger partial charge in [-0.25, -0.2) is 15.0 Å². The van der Waals surface area contributed by atoms with Crippen molar-refractivity contribution in [1.82, 2.24) is 25.1 Å². The van der Waals surface area contributed by atoms with Crippen LogP contribution in [0.3, 0.4) is 0 Å². The summed E-state index contributed by atoms with van der Waals surface area (Å²) in [5, 5.41) is 18.5. The van der Waals surface area contributed by atoms with Crippen LogP contribution in [0.1, 0.15) is 29.2 Å². The highest BCUT2D eigenvalue weighted by Crippen LogP contribution is 2.28. The number of thiazole rings is 1. The molecule has 0 bridgehead atoms. The van der Waals surface area contributed by atoms with Crippen molar-refractivity contribution in [3.05, 3.63) is 40.8 Å². The molecule has 3 aromatic rings. The van der Waals surface area contributed by atoms with Gasteiger partial charge in [0.15, 0.2) is 0 Å². The van der Waals surface area contributed by atoms with E-state index in [2.05, 4.69) is 36.1 Å². The fourth-order valence-electron chi connectivity index (χ4n) is 3.35. The Kier molecular flexibility index (Phi) is 5.62. The number of anilines is 1. The van der Waals surface area contributed by atoms with Gasteiger partial charge in [-0.15, -0.1) is 21.5 Å². The first-order valence-corrected chi connectivity index (χ1v) is 10.3. The molecule has 1 aliphatic rings. The normalized spacial score (nSPS) is 14.6. The zero-order valence-corrected chi connectivity index (χ0v) is 17.2. The van der Waals surface area contributed by atoms with Gasteiger partial charge < -0.3 is 9.64 Å². The summed E-state index contributed by atoms with van der Waals surface area (Å²) in [5.74, 6) is 1.61. The molecule has 8 nitrogen and oxygen atoms in total. The number of hydrogen-bond donors (Lipinski definition) is 0. The van der Waals surface area contributed by atoms with Crippen LogP contribution >= 0.6 is 11.3 Å². The predicted octanol–water partition coefficient (Wildman–Crippen LogP) is 3.17. The zero-order chi connectivity index (χ0) is 20.2. The largest absolute Gasteiger partial charge is 0.476 e. The van der Waals surface area contributed by atoms with Crippen molar-refractivity contribution in [2.45, 2.75) is 26.7 Å². The van der Waals surface area contributed by atoms with Gasteiger partial charge in [0.1, 0.15) is 17.5 Å². The Morgan fingerprint density at radius 1 is 1.17 bits per heavy atom. The van der Waals surface area contributed by atoms with Gasteiger partial charge in [0.25, 0.3) is 0 Å².